The van der Waals surface area contributed by atoms with Crippen molar-refractivity contribution in [1.82, 2.24) is 0 Å². The van der Waals surface area contributed by atoms with Gasteiger partial charge in [-0.15, -0.1) is 0 Å². The highest BCUT2D eigenvalue weighted by Gasteiger charge is 2.39. The van der Waals surface area contributed by atoms with Crippen molar-refractivity contribution in [1.29, 1.82) is 0 Å². The van der Waals surface area contributed by atoms with Gasteiger partial charge in [-0.05, 0) is 37.3 Å². The lowest BCUT2D eigenvalue weighted by atomic mass is 9.71. The summed E-state index contributed by atoms with van der Waals surface area (Å²) in [4.78, 5) is 35.2. The molecule has 0 saturated heterocycles. The lowest BCUT2D eigenvalue weighted by Gasteiger charge is -2.36. The number of allylic oxidation sites excluding steroid dienone is 10. The van der Waals surface area contributed by atoms with Crippen molar-refractivity contribution >= 4 is 17.7 Å². The predicted octanol–water partition coefficient (Wildman–Crippen LogP) is 5.27. The second-order valence-corrected chi connectivity index (χ2v) is 8.11. The van der Waals surface area contributed by atoms with Crippen LogP contribution in [0.2, 0.25) is 0 Å². The Kier molecular flexibility index (Phi) is 9.44. The van der Waals surface area contributed by atoms with Crippen molar-refractivity contribution in [2.24, 2.45) is 5.41 Å². The van der Waals surface area contributed by atoms with E-state index in [1.807, 2.05) is 64.2 Å². The smallest absolute Gasteiger partial charge is 0.307 e. The van der Waals surface area contributed by atoms with Gasteiger partial charge >= 0.3 is 11.9 Å². The first-order valence-corrected chi connectivity index (χ1v) is 9.97. The highest BCUT2D eigenvalue weighted by atomic mass is 16.5. The molecule has 0 heterocycles. The van der Waals surface area contributed by atoms with Gasteiger partial charge in [0, 0.05) is 6.42 Å². The summed E-state index contributed by atoms with van der Waals surface area (Å²) in [5, 5.41) is 8.68. The largest absolute Gasteiger partial charge is 0.481 e. The van der Waals surface area contributed by atoms with Crippen molar-refractivity contribution in [3.8, 4) is 0 Å². The van der Waals surface area contributed by atoms with Gasteiger partial charge < -0.3 is 9.84 Å². The summed E-state index contributed by atoms with van der Waals surface area (Å²) >= 11 is 0. The first kappa shape index (κ1) is 25.1. The number of carbonyl (C=O) groups excluding carboxylic acids is 2. The van der Waals surface area contributed by atoms with Gasteiger partial charge in [0.05, 0.1) is 12.8 Å². The maximum absolute atomic E-state index is 12.7. The van der Waals surface area contributed by atoms with E-state index in [-0.39, 0.29) is 24.0 Å². The summed E-state index contributed by atoms with van der Waals surface area (Å²) < 4.78 is 5.29. The average molecular weight is 413 g/mol. The third-order valence-corrected chi connectivity index (χ3v) is 4.92. The van der Waals surface area contributed by atoms with Crippen molar-refractivity contribution in [2.45, 2.75) is 60.0 Å². The molecule has 0 aromatic rings. The normalized spacial score (nSPS) is 20.2. The van der Waals surface area contributed by atoms with Gasteiger partial charge in [-0.3, -0.25) is 14.4 Å². The van der Waals surface area contributed by atoms with E-state index in [4.69, 9.17) is 9.84 Å². The number of aliphatic carboxylic acids is 1. The Morgan fingerprint density at radius 3 is 2.40 bits per heavy atom. The summed E-state index contributed by atoms with van der Waals surface area (Å²) in [5.74, 6) is -1.97. The van der Waals surface area contributed by atoms with E-state index in [9.17, 15) is 14.4 Å². The van der Waals surface area contributed by atoms with Crippen LogP contribution in [0.3, 0.4) is 0 Å². The zero-order valence-corrected chi connectivity index (χ0v) is 18.5. The third kappa shape index (κ3) is 7.82. The fourth-order valence-electron chi connectivity index (χ4n) is 3.28. The fraction of sp³-hybridized carbons (Fsp3) is 0.400. The molecule has 1 unspecified atom stereocenters. The van der Waals surface area contributed by atoms with Crippen LogP contribution in [-0.4, -0.2) is 28.9 Å². The molecule has 0 fully saturated rings. The lowest BCUT2D eigenvalue weighted by molar-refractivity contribution is -0.157. The van der Waals surface area contributed by atoms with Crippen molar-refractivity contribution in [2.75, 3.05) is 0 Å². The molecule has 0 radical (unpaired) electrons. The first-order chi connectivity index (χ1) is 14.0. The molecule has 1 N–H and O–H groups in total. The summed E-state index contributed by atoms with van der Waals surface area (Å²) in [6.45, 7) is 13.4. The number of Topliss-reactive ketones (excluding diaryl/α,β-unsaturated/α-hetero) is 1. The van der Waals surface area contributed by atoms with E-state index in [0.29, 0.717) is 12.0 Å². The van der Waals surface area contributed by atoms with Gasteiger partial charge in [0.25, 0.3) is 0 Å². The Labute approximate surface area is 179 Å². The van der Waals surface area contributed by atoms with Crippen LogP contribution >= 0.6 is 0 Å². The molecule has 162 valence electrons. The monoisotopic (exact) mass is 412 g/mol. The van der Waals surface area contributed by atoms with Crippen molar-refractivity contribution in [3.63, 3.8) is 0 Å². The summed E-state index contributed by atoms with van der Waals surface area (Å²) in [6, 6.07) is 0. The molecule has 5 nitrogen and oxygen atoms in total. The van der Waals surface area contributed by atoms with Crippen molar-refractivity contribution in [3.05, 3.63) is 71.4 Å². The molecule has 1 atom stereocenters. The third-order valence-electron chi connectivity index (χ3n) is 4.92. The minimum Gasteiger partial charge on any atom is -0.481 e. The molecule has 5 heteroatoms. The van der Waals surface area contributed by atoms with E-state index in [2.05, 4.69) is 6.58 Å². The topological polar surface area (TPSA) is 80.7 Å². The number of ether oxygens (including phenoxy) is 1. The molecule has 0 saturated carbocycles. The van der Waals surface area contributed by atoms with Gasteiger partial charge in [-0.25, -0.2) is 0 Å². The van der Waals surface area contributed by atoms with Crippen LogP contribution in [0.15, 0.2) is 71.4 Å². The minimum absolute atomic E-state index is 0.232. The SMILES string of the molecule is C=CC=C(C)C=CC=C(C)C=CC1=C(C)C(=O)C(OC(=O)CCC(=O)O)CC1(C)C. The van der Waals surface area contributed by atoms with Crippen LogP contribution in [0.25, 0.3) is 0 Å². The van der Waals surface area contributed by atoms with Crippen LogP contribution in [0.4, 0.5) is 0 Å². The Morgan fingerprint density at radius 2 is 1.80 bits per heavy atom. The molecular formula is C25H32O5. The molecule has 30 heavy (non-hydrogen) atoms. The maximum Gasteiger partial charge on any atom is 0.307 e. The highest BCUT2D eigenvalue weighted by Crippen LogP contribution is 2.40. The van der Waals surface area contributed by atoms with Gasteiger partial charge in [-0.1, -0.05) is 74.1 Å². The molecule has 0 bridgehead atoms. The molecule has 0 aliphatic heterocycles. The maximum atomic E-state index is 12.7. The standard InChI is InChI=1S/C25H32O5/c1-7-9-17(2)10-8-11-18(3)12-13-20-19(4)24(29)21(16-25(20,5)6)30-23(28)15-14-22(26)27/h7-13,21H,1,14-16H2,2-6H3,(H,26,27). The number of hydrogen-bond donors (Lipinski definition) is 1. The number of carboxylic acid groups (broad SMARTS) is 1. The van der Waals surface area contributed by atoms with E-state index in [0.717, 1.165) is 16.7 Å². The second-order valence-electron chi connectivity index (χ2n) is 8.11. The summed E-state index contributed by atoms with van der Waals surface area (Å²) in [5.41, 5.74) is 3.23. The molecule has 0 amide bonds. The van der Waals surface area contributed by atoms with Gasteiger partial charge in [0.1, 0.15) is 0 Å². The number of ketones is 1. The quantitative estimate of drug-likeness (QED) is 0.412. The summed E-state index contributed by atoms with van der Waals surface area (Å²) in [7, 11) is 0. The number of carbonyl (C=O) groups is 3. The Morgan fingerprint density at radius 1 is 1.17 bits per heavy atom. The second kappa shape index (κ2) is 11.3. The molecule has 0 spiro atoms. The number of esters is 1. The zero-order chi connectivity index (χ0) is 22.9. The lowest BCUT2D eigenvalue weighted by Crippen LogP contribution is -2.39. The van der Waals surface area contributed by atoms with Gasteiger partial charge in [-0.2, -0.15) is 0 Å². The van der Waals surface area contributed by atoms with Crippen LogP contribution in [0.5, 0.6) is 0 Å². The Bertz CT molecular complexity index is 847. The van der Waals surface area contributed by atoms with E-state index in [1.54, 1.807) is 13.0 Å². The first-order valence-electron chi connectivity index (χ1n) is 9.97. The number of carboxylic acids is 1. The number of hydrogen-bond acceptors (Lipinski definition) is 4. The van der Waals surface area contributed by atoms with E-state index >= 15 is 0 Å². The van der Waals surface area contributed by atoms with Crippen molar-refractivity contribution < 1.29 is 24.2 Å². The predicted molar refractivity (Wildman–Crippen MR) is 119 cm³/mol. The Hall–Kier alpha value is -2.95. The highest BCUT2D eigenvalue weighted by molar-refractivity contribution is 6.01. The molecular weight excluding hydrogens is 380 g/mol. The average Bonchev–Trinajstić information content (AvgIpc) is 2.64. The summed E-state index contributed by atoms with van der Waals surface area (Å²) in [6.07, 6.45) is 12.4. The van der Waals surface area contributed by atoms with Gasteiger partial charge in [0.2, 0.25) is 0 Å². The van der Waals surface area contributed by atoms with Gasteiger partial charge in [0.15, 0.2) is 11.9 Å². The molecule has 1 rings (SSSR count). The van der Waals surface area contributed by atoms with Crippen LogP contribution < -0.4 is 0 Å². The number of rotatable bonds is 9. The molecule has 1 aliphatic rings. The molecule has 1 aliphatic carbocycles. The molecule has 0 aromatic heterocycles. The van der Waals surface area contributed by atoms with Crippen LogP contribution in [-0.2, 0) is 19.1 Å². The fourth-order valence-corrected chi connectivity index (χ4v) is 3.28. The van der Waals surface area contributed by atoms with E-state index in [1.165, 1.54) is 0 Å². The molecule has 0 aromatic carbocycles. The van der Waals surface area contributed by atoms with E-state index < -0.39 is 18.0 Å². The van der Waals surface area contributed by atoms with Crippen LogP contribution in [0, 0.1) is 5.41 Å². The zero-order valence-electron chi connectivity index (χ0n) is 18.5. The Balaban J connectivity index is 2.96. The van der Waals surface area contributed by atoms with Crippen LogP contribution in [0.1, 0.15) is 53.9 Å². The minimum atomic E-state index is -1.07.